The first-order valence-corrected chi connectivity index (χ1v) is 6.62. The number of ether oxygens (including phenoxy) is 2. The molecule has 3 aliphatic heterocycles. The number of likely N-dealkylation sites (tertiary alicyclic amines) is 1. The number of hydrogen-bond acceptors (Lipinski definition) is 6. The van der Waals surface area contributed by atoms with E-state index >= 15 is 0 Å². The maximum atomic E-state index is 11.4. The van der Waals surface area contributed by atoms with Crippen LogP contribution in [0.5, 0.6) is 0 Å². The zero-order valence-corrected chi connectivity index (χ0v) is 10.8. The molecule has 1 N–H and O–H groups in total. The van der Waals surface area contributed by atoms with Crippen molar-refractivity contribution in [3.63, 3.8) is 0 Å². The van der Waals surface area contributed by atoms with Gasteiger partial charge in [0.2, 0.25) is 0 Å². The van der Waals surface area contributed by atoms with Gasteiger partial charge in [-0.1, -0.05) is 30.3 Å². The molecular weight excluding hydrogens is 260 g/mol. The summed E-state index contributed by atoms with van der Waals surface area (Å²) in [7, 11) is 0. The van der Waals surface area contributed by atoms with E-state index < -0.39 is 17.8 Å². The molecule has 6 heteroatoms. The van der Waals surface area contributed by atoms with Gasteiger partial charge in [0.15, 0.2) is 0 Å². The average Bonchev–Trinajstić information content (AvgIpc) is 2.70. The minimum absolute atomic E-state index is 0.0687. The van der Waals surface area contributed by atoms with Crippen LogP contribution in [-0.4, -0.2) is 41.4 Å². The van der Waals surface area contributed by atoms with Gasteiger partial charge in [0.25, 0.3) is 0 Å². The number of carbonyl (C=O) groups is 2. The van der Waals surface area contributed by atoms with Gasteiger partial charge in [0.05, 0.1) is 12.0 Å². The van der Waals surface area contributed by atoms with Crippen LogP contribution < -0.4 is 5.32 Å². The number of esters is 2. The molecule has 1 aromatic rings. The Labute approximate surface area is 115 Å². The molecule has 3 aliphatic rings. The van der Waals surface area contributed by atoms with E-state index in [0.717, 1.165) is 18.7 Å². The van der Waals surface area contributed by atoms with E-state index in [1.54, 1.807) is 0 Å². The number of rotatable bonds is 2. The van der Waals surface area contributed by atoms with Crippen LogP contribution in [0.2, 0.25) is 0 Å². The van der Waals surface area contributed by atoms with Crippen molar-refractivity contribution in [3.05, 3.63) is 35.9 Å². The summed E-state index contributed by atoms with van der Waals surface area (Å²) >= 11 is 0. The fourth-order valence-electron chi connectivity index (χ4n) is 3.24. The lowest BCUT2D eigenvalue weighted by molar-refractivity contribution is -0.365. The van der Waals surface area contributed by atoms with Crippen LogP contribution >= 0.6 is 0 Å². The fourth-order valence-corrected chi connectivity index (χ4v) is 3.24. The SMILES string of the molecule is O=C1OC2(CC3(CNC3)N2Cc2ccccc2)OC1=O. The molecule has 6 nitrogen and oxygen atoms in total. The molecule has 0 unspecified atom stereocenters. The molecular formula is C14H14N2O4. The van der Waals surface area contributed by atoms with Gasteiger partial charge in [0.1, 0.15) is 0 Å². The van der Waals surface area contributed by atoms with Crippen molar-refractivity contribution in [1.29, 1.82) is 0 Å². The quantitative estimate of drug-likeness (QED) is 0.604. The highest BCUT2D eigenvalue weighted by atomic mass is 16.8. The van der Waals surface area contributed by atoms with E-state index in [0.29, 0.717) is 13.0 Å². The van der Waals surface area contributed by atoms with Crippen LogP contribution in [0.25, 0.3) is 0 Å². The predicted octanol–water partition coefficient (Wildman–Crippen LogP) is -0.0119. The first-order chi connectivity index (χ1) is 9.64. The average molecular weight is 274 g/mol. The van der Waals surface area contributed by atoms with Gasteiger partial charge < -0.3 is 14.8 Å². The largest absolute Gasteiger partial charge is 0.421 e. The van der Waals surface area contributed by atoms with E-state index in [-0.39, 0.29) is 5.54 Å². The van der Waals surface area contributed by atoms with Crippen molar-refractivity contribution in [1.82, 2.24) is 10.2 Å². The van der Waals surface area contributed by atoms with Gasteiger partial charge >= 0.3 is 17.8 Å². The summed E-state index contributed by atoms with van der Waals surface area (Å²) in [5, 5.41) is 3.23. The number of hydrogen-bond donors (Lipinski definition) is 1. The minimum Gasteiger partial charge on any atom is -0.400 e. The minimum atomic E-state index is -1.19. The summed E-state index contributed by atoms with van der Waals surface area (Å²) in [5.41, 5.74) is 1.03. The molecule has 104 valence electrons. The van der Waals surface area contributed by atoms with E-state index in [9.17, 15) is 9.59 Å². The van der Waals surface area contributed by atoms with Gasteiger partial charge in [-0.3, -0.25) is 0 Å². The van der Waals surface area contributed by atoms with Crippen molar-refractivity contribution < 1.29 is 19.1 Å². The standard InChI is InChI=1S/C14H14N2O4/c17-11-12(18)20-14(19-11)7-13(8-15-9-13)16(14)6-10-4-2-1-3-5-10/h1-5,15H,6-9H2. The lowest BCUT2D eigenvalue weighted by Crippen LogP contribution is -2.84. The van der Waals surface area contributed by atoms with E-state index in [1.807, 2.05) is 35.2 Å². The van der Waals surface area contributed by atoms with Crippen molar-refractivity contribution in [2.24, 2.45) is 0 Å². The first-order valence-electron chi connectivity index (χ1n) is 6.62. The van der Waals surface area contributed by atoms with Gasteiger partial charge in [-0.25, -0.2) is 14.5 Å². The summed E-state index contributed by atoms with van der Waals surface area (Å²) in [4.78, 5) is 24.7. The van der Waals surface area contributed by atoms with Gasteiger partial charge in [-0.15, -0.1) is 0 Å². The third-order valence-corrected chi connectivity index (χ3v) is 4.30. The highest BCUT2D eigenvalue weighted by Gasteiger charge is 2.72. The smallest absolute Gasteiger partial charge is 0.400 e. The van der Waals surface area contributed by atoms with E-state index in [4.69, 9.17) is 9.47 Å². The van der Waals surface area contributed by atoms with E-state index in [1.165, 1.54) is 0 Å². The molecule has 0 aromatic heterocycles. The molecule has 0 saturated carbocycles. The predicted molar refractivity (Wildman–Crippen MR) is 67.1 cm³/mol. The third kappa shape index (κ3) is 1.46. The Morgan fingerprint density at radius 3 is 2.30 bits per heavy atom. The van der Waals surface area contributed by atoms with Crippen LogP contribution in [0.15, 0.2) is 30.3 Å². The molecule has 0 amide bonds. The maximum Gasteiger partial charge on any atom is 0.421 e. The van der Waals surface area contributed by atoms with Crippen molar-refractivity contribution in [3.8, 4) is 0 Å². The van der Waals surface area contributed by atoms with Crippen LogP contribution in [0.3, 0.4) is 0 Å². The number of benzene rings is 1. The molecule has 2 spiro atoms. The third-order valence-electron chi connectivity index (χ3n) is 4.30. The Hall–Kier alpha value is -1.92. The molecule has 3 saturated heterocycles. The summed E-state index contributed by atoms with van der Waals surface area (Å²) < 4.78 is 10.4. The molecule has 0 radical (unpaired) electrons. The normalized spacial score (nSPS) is 26.0. The van der Waals surface area contributed by atoms with Crippen LogP contribution in [0, 0.1) is 0 Å². The highest BCUT2D eigenvalue weighted by Crippen LogP contribution is 2.51. The molecule has 20 heavy (non-hydrogen) atoms. The second-order valence-electron chi connectivity index (χ2n) is 5.57. The first kappa shape index (κ1) is 11.9. The Kier molecular flexibility index (Phi) is 2.26. The molecule has 0 bridgehead atoms. The summed E-state index contributed by atoms with van der Waals surface area (Å²) in [6, 6.07) is 9.88. The van der Waals surface area contributed by atoms with Gasteiger partial charge in [-0.05, 0) is 5.56 Å². The van der Waals surface area contributed by atoms with Crippen molar-refractivity contribution in [2.75, 3.05) is 13.1 Å². The molecule has 0 aliphatic carbocycles. The molecule has 3 heterocycles. The molecule has 0 atom stereocenters. The van der Waals surface area contributed by atoms with Gasteiger partial charge in [-0.2, -0.15) is 0 Å². The highest BCUT2D eigenvalue weighted by molar-refractivity contribution is 6.31. The monoisotopic (exact) mass is 274 g/mol. The fraction of sp³-hybridized carbons (Fsp3) is 0.429. The Morgan fingerprint density at radius 2 is 1.75 bits per heavy atom. The Morgan fingerprint density at radius 1 is 1.10 bits per heavy atom. The summed E-state index contributed by atoms with van der Waals surface area (Å²) in [6.07, 6.45) is 0.539. The zero-order chi connectivity index (χ0) is 13.8. The van der Waals surface area contributed by atoms with Crippen LogP contribution in [0.1, 0.15) is 12.0 Å². The molecule has 3 fully saturated rings. The lowest BCUT2D eigenvalue weighted by Gasteiger charge is -2.64. The molecule has 4 rings (SSSR count). The van der Waals surface area contributed by atoms with Crippen LogP contribution in [-0.2, 0) is 25.6 Å². The second kappa shape index (κ2) is 3.80. The van der Waals surface area contributed by atoms with Gasteiger partial charge in [0, 0.05) is 19.6 Å². The molecule has 1 aromatic carbocycles. The van der Waals surface area contributed by atoms with Crippen molar-refractivity contribution >= 4 is 11.9 Å². The lowest BCUT2D eigenvalue weighted by atomic mass is 9.75. The van der Waals surface area contributed by atoms with Crippen LogP contribution in [0.4, 0.5) is 0 Å². The Balaban J connectivity index is 1.62. The summed E-state index contributed by atoms with van der Waals surface area (Å²) in [6.45, 7) is 2.22. The number of nitrogens with zero attached hydrogens (tertiary/aromatic N) is 1. The van der Waals surface area contributed by atoms with Crippen molar-refractivity contribution in [2.45, 2.75) is 24.4 Å². The topological polar surface area (TPSA) is 67.9 Å². The summed E-state index contributed by atoms with van der Waals surface area (Å²) in [5.74, 6) is -2.98. The maximum absolute atomic E-state index is 11.4. The Bertz CT molecular complexity index is 566. The van der Waals surface area contributed by atoms with E-state index in [2.05, 4.69) is 5.32 Å². The number of nitrogens with one attached hydrogen (secondary N) is 1. The zero-order valence-electron chi connectivity index (χ0n) is 10.8. The second-order valence-corrected chi connectivity index (χ2v) is 5.57. The number of carbonyl (C=O) groups excluding carboxylic acids is 2.